The summed E-state index contributed by atoms with van der Waals surface area (Å²) in [5.41, 5.74) is 1.42. The number of rotatable bonds is 5. The minimum Gasteiger partial charge on any atom is -0.448 e. The van der Waals surface area contributed by atoms with E-state index in [-0.39, 0.29) is 17.5 Å². The fraction of sp³-hybridized carbons (Fsp3) is 0.267. The average Bonchev–Trinajstić information content (AvgIpc) is 2.47. The Hall–Kier alpha value is -2.47. The molecule has 0 aliphatic rings. The Morgan fingerprint density at radius 3 is 2.67 bits per heavy atom. The predicted molar refractivity (Wildman–Crippen MR) is 79.6 cm³/mol. The highest BCUT2D eigenvalue weighted by Gasteiger charge is 2.18. The maximum absolute atomic E-state index is 11.1. The van der Waals surface area contributed by atoms with Crippen molar-refractivity contribution in [2.45, 2.75) is 19.9 Å². The highest BCUT2D eigenvalue weighted by molar-refractivity contribution is 5.53. The van der Waals surface area contributed by atoms with E-state index in [4.69, 9.17) is 4.74 Å². The van der Waals surface area contributed by atoms with Crippen molar-refractivity contribution in [2.24, 2.45) is 0 Å². The number of nitro benzene ring substituents is 1. The van der Waals surface area contributed by atoms with Crippen molar-refractivity contribution in [1.82, 2.24) is 10.3 Å². The van der Waals surface area contributed by atoms with E-state index >= 15 is 0 Å². The Morgan fingerprint density at radius 2 is 2.10 bits per heavy atom. The molecule has 2 rings (SSSR count). The highest BCUT2D eigenvalue weighted by Crippen LogP contribution is 2.33. The molecule has 6 nitrogen and oxygen atoms in total. The van der Waals surface area contributed by atoms with Crippen molar-refractivity contribution in [1.29, 1.82) is 0 Å². The number of benzene rings is 1. The molecule has 0 aliphatic carbocycles. The van der Waals surface area contributed by atoms with Crippen LogP contribution in [0.3, 0.4) is 0 Å². The van der Waals surface area contributed by atoms with Gasteiger partial charge in [-0.1, -0.05) is 12.1 Å². The van der Waals surface area contributed by atoms with Crippen LogP contribution in [0.15, 0.2) is 36.5 Å². The first-order valence-electron chi connectivity index (χ1n) is 6.58. The monoisotopic (exact) mass is 287 g/mol. The van der Waals surface area contributed by atoms with Crippen LogP contribution in [0.25, 0.3) is 0 Å². The second-order valence-corrected chi connectivity index (χ2v) is 4.71. The van der Waals surface area contributed by atoms with Crippen LogP contribution < -0.4 is 10.1 Å². The molecule has 1 aromatic heterocycles. The van der Waals surface area contributed by atoms with Gasteiger partial charge in [0, 0.05) is 11.6 Å². The molecule has 1 unspecified atom stereocenters. The number of ether oxygens (including phenoxy) is 1. The van der Waals surface area contributed by atoms with Gasteiger partial charge in [-0.25, -0.2) is 0 Å². The summed E-state index contributed by atoms with van der Waals surface area (Å²) >= 11 is 0. The normalized spacial score (nSPS) is 12.0. The van der Waals surface area contributed by atoms with E-state index in [2.05, 4.69) is 10.3 Å². The number of pyridine rings is 1. The molecule has 110 valence electrons. The van der Waals surface area contributed by atoms with Crippen molar-refractivity contribution in [2.75, 3.05) is 7.05 Å². The molecule has 0 spiro atoms. The van der Waals surface area contributed by atoms with Crippen molar-refractivity contribution in [3.63, 3.8) is 0 Å². The summed E-state index contributed by atoms with van der Waals surface area (Å²) in [7, 11) is 1.85. The molecular weight excluding hydrogens is 270 g/mol. The first-order chi connectivity index (χ1) is 10.0. The standard InChI is InChI=1S/C15H17N3O3/c1-10-5-4-6-14(15(10)18(19)20)21-12-7-8-13(17-9-12)11(2)16-3/h4-9,11,16H,1-3H3. The smallest absolute Gasteiger partial charge is 0.314 e. The lowest BCUT2D eigenvalue weighted by atomic mass is 10.2. The molecule has 1 aromatic carbocycles. The second kappa shape index (κ2) is 6.32. The van der Waals surface area contributed by atoms with Crippen LogP contribution in [0.1, 0.15) is 24.2 Å². The molecule has 1 atom stereocenters. The molecule has 6 heteroatoms. The average molecular weight is 287 g/mol. The van der Waals surface area contributed by atoms with Gasteiger partial charge in [-0.15, -0.1) is 0 Å². The molecule has 0 amide bonds. The van der Waals surface area contributed by atoms with E-state index in [1.165, 1.54) is 0 Å². The van der Waals surface area contributed by atoms with E-state index in [0.717, 1.165) is 5.69 Å². The Morgan fingerprint density at radius 1 is 1.33 bits per heavy atom. The maximum Gasteiger partial charge on any atom is 0.314 e. The first-order valence-corrected chi connectivity index (χ1v) is 6.58. The van der Waals surface area contributed by atoms with E-state index in [1.807, 2.05) is 20.0 Å². The fourth-order valence-corrected chi connectivity index (χ4v) is 1.93. The zero-order valence-electron chi connectivity index (χ0n) is 12.2. The summed E-state index contributed by atoms with van der Waals surface area (Å²) in [6, 6.07) is 8.70. The van der Waals surface area contributed by atoms with Gasteiger partial charge in [0.25, 0.3) is 0 Å². The molecule has 0 radical (unpaired) electrons. The van der Waals surface area contributed by atoms with Gasteiger partial charge in [0.2, 0.25) is 5.75 Å². The van der Waals surface area contributed by atoms with Gasteiger partial charge in [0.1, 0.15) is 5.75 Å². The number of nitrogens with one attached hydrogen (secondary N) is 1. The summed E-state index contributed by atoms with van der Waals surface area (Å²) < 4.78 is 5.60. The van der Waals surface area contributed by atoms with Crippen LogP contribution in [0.2, 0.25) is 0 Å². The lowest BCUT2D eigenvalue weighted by Gasteiger charge is -2.11. The third-order valence-corrected chi connectivity index (χ3v) is 3.25. The van der Waals surface area contributed by atoms with Crippen LogP contribution in [0, 0.1) is 17.0 Å². The topological polar surface area (TPSA) is 77.3 Å². The number of hydrogen-bond acceptors (Lipinski definition) is 5. The molecule has 1 N–H and O–H groups in total. The number of aromatic nitrogens is 1. The predicted octanol–water partition coefficient (Wildman–Crippen LogP) is 3.37. The summed E-state index contributed by atoms with van der Waals surface area (Å²) in [5, 5.41) is 14.2. The molecule has 2 aromatic rings. The molecule has 0 bridgehead atoms. The largest absolute Gasteiger partial charge is 0.448 e. The molecular formula is C15H17N3O3. The van der Waals surface area contributed by atoms with Gasteiger partial charge in [0.05, 0.1) is 16.8 Å². The van der Waals surface area contributed by atoms with Crippen LogP contribution in [0.5, 0.6) is 11.5 Å². The van der Waals surface area contributed by atoms with Gasteiger partial charge in [0.15, 0.2) is 0 Å². The molecule has 1 heterocycles. The van der Waals surface area contributed by atoms with Crippen molar-refractivity contribution in [3.05, 3.63) is 57.9 Å². The molecule has 0 aliphatic heterocycles. The van der Waals surface area contributed by atoms with Crippen LogP contribution in [-0.4, -0.2) is 17.0 Å². The lowest BCUT2D eigenvalue weighted by Crippen LogP contribution is -2.13. The lowest BCUT2D eigenvalue weighted by molar-refractivity contribution is -0.386. The third-order valence-electron chi connectivity index (χ3n) is 3.25. The number of nitrogens with zero attached hydrogens (tertiary/aromatic N) is 2. The number of nitro groups is 1. The molecule has 21 heavy (non-hydrogen) atoms. The van der Waals surface area contributed by atoms with Gasteiger partial charge in [-0.05, 0) is 39.1 Å². The zero-order valence-corrected chi connectivity index (χ0v) is 12.2. The Balaban J connectivity index is 2.27. The van der Waals surface area contributed by atoms with Crippen molar-refractivity contribution in [3.8, 4) is 11.5 Å². The van der Waals surface area contributed by atoms with E-state index in [1.54, 1.807) is 37.4 Å². The maximum atomic E-state index is 11.1. The summed E-state index contributed by atoms with van der Waals surface area (Å²) in [6.45, 7) is 3.68. The van der Waals surface area contributed by atoms with Gasteiger partial charge < -0.3 is 10.1 Å². The van der Waals surface area contributed by atoms with Gasteiger partial charge in [-0.2, -0.15) is 0 Å². The zero-order chi connectivity index (χ0) is 15.4. The van der Waals surface area contributed by atoms with E-state index in [9.17, 15) is 10.1 Å². The molecule has 0 saturated carbocycles. The third kappa shape index (κ3) is 3.35. The van der Waals surface area contributed by atoms with Crippen molar-refractivity contribution < 1.29 is 9.66 Å². The summed E-state index contributed by atoms with van der Waals surface area (Å²) in [6.07, 6.45) is 1.56. The minimum absolute atomic E-state index is 0.0230. The number of para-hydroxylation sites is 1. The van der Waals surface area contributed by atoms with E-state index < -0.39 is 4.92 Å². The quantitative estimate of drug-likeness (QED) is 0.674. The van der Waals surface area contributed by atoms with Gasteiger partial charge >= 0.3 is 5.69 Å². The number of aryl methyl sites for hydroxylation is 1. The Bertz CT molecular complexity index is 641. The van der Waals surface area contributed by atoms with Crippen molar-refractivity contribution >= 4 is 5.69 Å². The second-order valence-electron chi connectivity index (χ2n) is 4.71. The first kappa shape index (κ1) is 14.9. The van der Waals surface area contributed by atoms with Gasteiger partial charge in [-0.3, -0.25) is 15.1 Å². The minimum atomic E-state index is -0.435. The SMILES string of the molecule is CNC(C)c1ccc(Oc2cccc(C)c2[N+](=O)[O-])cn1. The van der Waals surface area contributed by atoms with Crippen LogP contribution >= 0.6 is 0 Å². The fourth-order valence-electron chi connectivity index (χ4n) is 1.93. The Kier molecular flexibility index (Phi) is 4.49. The summed E-state index contributed by atoms with van der Waals surface area (Å²) in [4.78, 5) is 15.0. The van der Waals surface area contributed by atoms with Crippen LogP contribution in [-0.2, 0) is 0 Å². The van der Waals surface area contributed by atoms with Crippen LogP contribution in [0.4, 0.5) is 5.69 Å². The number of hydrogen-bond donors (Lipinski definition) is 1. The Labute approximate surface area is 122 Å². The highest BCUT2D eigenvalue weighted by atomic mass is 16.6. The molecule has 0 saturated heterocycles. The molecule has 0 fully saturated rings. The van der Waals surface area contributed by atoms with E-state index in [0.29, 0.717) is 11.3 Å². The summed E-state index contributed by atoms with van der Waals surface area (Å²) in [5.74, 6) is 0.687.